The van der Waals surface area contributed by atoms with Crippen molar-refractivity contribution >= 4 is 0 Å². The Balaban J connectivity index is 2.58. The third-order valence-corrected chi connectivity index (χ3v) is 2.31. The lowest BCUT2D eigenvalue weighted by molar-refractivity contribution is 0.272. The van der Waals surface area contributed by atoms with Gasteiger partial charge in [-0.3, -0.25) is 0 Å². The molecule has 0 amide bonds. The molecule has 0 atom stereocenters. The van der Waals surface area contributed by atoms with Gasteiger partial charge in [0.15, 0.2) is 11.5 Å². The largest absolute Gasteiger partial charge is 0.490 e. The van der Waals surface area contributed by atoms with Crippen LogP contribution in [0.3, 0.4) is 0 Å². The molecule has 0 radical (unpaired) electrons. The molecule has 0 spiro atoms. The van der Waals surface area contributed by atoms with E-state index in [1.165, 1.54) is 0 Å². The van der Waals surface area contributed by atoms with Crippen molar-refractivity contribution in [3.63, 3.8) is 0 Å². The van der Waals surface area contributed by atoms with Crippen LogP contribution in [0, 0.1) is 22.7 Å². The van der Waals surface area contributed by atoms with Gasteiger partial charge in [-0.1, -0.05) is 0 Å². The lowest BCUT2D eigenvalue weighted by atomic mass is 10.2. The number of hydrogen-bond donors (Lipinski definition) is 0. The zero-order chi connectivity index (χ0) is 13.2. The monoisotopic (exact) mass is 244 g/mol. The summed E-state index contributed by atoms with van der Waals surface area (Å²) in [5.74, 6) is 1.24. The summed E-state index contributed by atoms with van der Waals surface area (Å²) in [6.45, 7) is 2.96. The van der Waals surface area contributed by atoms with Gasteiger partial charge in [0.05, 0.1) is 30.9 Å². The number of rotatable bonds is 7. The van der Waals surface area contributed by atoms with Crippen molar-refractivity contribution in [1.29, 1.82) is 10.5 Å². The summed E-state index contributed by atoms with van der Waals surface area (Å²) in [6, 6.07) is 9.28. The van der Waals surface area contributed by atoms with Crippen LogP contribution in [-0.2, 0) is 0 Å². The van der Waals surface area contributed by atoms with Gasteiger partial charge in [0, 0.05) is 12.5 Å². The van der Waals surface area contributed by atoms with Crippen molar-refractivity contribution in [2.24, 2.45) is 0 Å². The molecule has 94 valence electrons. The fourth-order valence-electron chi connectivity index (χ4n) is 1.45. The van der Waals surface area contributed by atoms with Gasteiger partial charge in [0.1, 0.15) is 0 Å². The van der Waals surface area contributed by atoms with Crippen molar-refractivity contribution in [1.82, 2.24) is 0 Å². The molecule has 0 aliphatic heterocycles. The van der Waals surface area contributed by atoms with E-state index in [2.05, 4.69) is 12.1 Å². The van der Waals surface area contributed by atoms with E-state index in [0.29, 0.717) is 36.7 Å². The highest BCUT2D eigenvalue weighted by molar-refractivity contribution is 5.46. The van der Waals surface area contributed by atoms with Crippen LogP contribution in [0.5, 0.6) is 11.5 Å². The zero-order valence-electron chi connectivity index (χ0n) is 10.5. The number of benzene rings is 1. The molecule has 0 N–H and O–H groups in total. The summed E-state index contributed by atoms with van der Waals surface area (Å²) in [7, 11) is 0. The molecule has 0 aliphatic rings. The summed E-state index contributed by atoms with van der Waals surface area (Å²) >= 11 is 0. The van der Waals surface area contributed by atoms with Crippen LogP contribution in [0.1, 0.15) is 31.7 Å². The molecule has 0 aliphatic carbocycles. The average molecular weight is 244 g/mol. The Hall–Kier alpha value is -2.20. The molecular formula is C14H16N2O2. The molecule has 18 heavy (non-hydrogen) atoms. The summed E-state index contributed by atoms with van der Waals surface area (Å²) < 4.78 is 11.0. The van der Waals surface area contributed by atoms with Crippen molar-refractivity contribution in [2.45, 2.75) is 26.2 Å². The van der Waals surface area contributed by atoms with Crippen LogP contribution >= 0.6 is 0 Å². The van der Waals surface area contributed by atoms with Gasteiger partial charge in [-0.05, 0) is 31.9 Å². The Morgan fingerprint density at radius 2 is 1.94 bits per heavy atom. The minimum atomic E-state index is 0.527. The van der Waals surface area contributed by atoms with Gasteiger partial charge < -0.3 is 9.47 Å². The van der Waals surface area contributed by atoms with Gasteiger partial charge in [0.25, 0.3) is 0 Å². The molecule has 0 heterocycles. The SMILES string of the molecule is CCOc1cc(C#N)ccc1OCCCCC#N. The van der Waals surface area contributed by atoms with Crippen LogP contribution in [-0.4, -0.2) is 13.2 Å². The molecule has 0 saturated heterocycles. The molecule has 1 rings (SSSR count). The van der Waals surface area contributed by atoms with Crippen LogP contribution in [0.15, 0.2) is 18.2 Å². The highest BCUT2D eigenvalue weighted by Gasteiger charge is 2.06. The third-order valence-electron chi connectivity index (χ3n) is 2.31. The fraction of sp³-hybridized carbons (Fsp3) is 0.429. The lowest BCUT2D eigenvalue weighted by Crippen LogP contribution is -2.01. The first-order valence-electron chi connectivity index (χ1n) is 5.98. The first kappa shape index (κ1) is 13.9. The molecule has 4 heteroatoms. The molecule has 0 unspecified atom stereocenters. The van der Waals surface area contributed by atoms with Crippen LogP contribution in [0.2, 0.25) is 0 Å². The maximum Gasteiger partial charge on any atom is 0.162 e. The Bertz CT molecular complexity index is 458. The van der Waals surface area contributed by atoms with Gasteiger partial charge in [-0.25, -0.2) is 0 Å². The molecule has 0 fully saturated rings. The highest BCUT2D eigenvalue weighted by Crippen LogP contribution is 2.28. The predicted octanol–water partition coefficient (Wildman–Crippen LogP) is 3.03. The minimum absolute atomic E-state index is 0.527. The molecule has 0 aromatic heterocycles. The van der Waals surface area contributed by atoms with Gasteiger partial charge in [0.2, 0.25) is 0 Å². The molecule has 0 bridgehead atoms. The Labute approximate surface area is 107 Å². The van der Waals surface area contributed by atoms with E-state index < -0.39 is 0 Å². The van der Waals surface area contributed by atoms with Crippen LogP contribution in [0.25, 0.3) is 0 Å². The second-order valence-electron chi connectivity index (χ2n) is 3.67. The van der Waals surface area contributed by atoms with E-state index in [-0.39, 0.29) is 0 Å². The highest BCUT2D eigenvalue weighted by atomic mass is 16.5. The van der Waals surface area contributed by atoms with Crippen molar-refractivity contribution in [3.8, 4) is 23.6 Å². The number of nitriles is 2. The summed E-state index contributed by atoms with van der Waals surface area (Å²) in [5, 5.41) is 17.2. The number of ether oxygens (including phenoxy) is 2. The Kier molecular flexibility index (Phi) is 6.14. The lowest BCUT2D eigenvalue weighted by Gasteiger charge is -2.11. The maximum absolute atomic E-state index is 8.82. The van der Waals surface area contributed by atoms with E-state index in [1.807, 2.05) is 6.92 Å². The first-order valence-corrected chi connectivity index (χ1v) is 5.98. The topological polar surface area (TPSA) is 66.0 Å². The number of nitrogens with zero attached hydrogens (tertiary/aromatic N) is 2. The molecule has 1 aromatic carbocycles. The maximum atomic E-state index is 8.82. The van der Waals surface area contributed by atoms with E-state index in [1.54, 1.807) is 18.2 Å². The van der Waals surface area contributed by atoms with Crippen LogP contribution in [0.4, 0.5) is 0 Å². The minimum Gasteiger partial charge on any atom is -0.490 e. The number of unbranched alkanes of at least 4 members (excludes halogenated alkanes) is 2. The molecular weight excluding hydrogens is 228 g/mol. The summed E-state index contributed by atoms with van der Waals surface area (Å²) in [5.41, 5.74) is 0.551. The normalized spacial score (nSPS) is 9.28. The van der Waals surface area contributed by atoms with Crippen LogP contribution < -0.4 is 9.47 Å². The van der Waals surface area contributed by atoms with Gasteiger partial charge >= 0.3 is 0 Å². The molecule has 0 saturated carbocycles. The molecule has 1 aromatic rings. The summed E-state index contributed by atoms with van der Waals surface area (Å²) in [6.07, 6.45) is 2.21. The van der Waals surface area contributed by atoms with E-state index in [4.69, 9.17) is 20.0 Å². The Morgan fingerprint density at radius 1 is 1.11 bits per heavy atom. The van der Waals surface area contributed by atoms with E-state index in [9.17, 15) is 0 Å². The van der Waals surface area contributed by atoms with Crippen molar-refractivity contribution in [3.05, 3.63) is 23.8 Å². The second-order valence-corrected chi connectivity index (χ2v) is 3.67. The van der Waals surface area contributed by atoms with Crippen molar-refractivity contribution in [2.75, 3.05) is 13.2 Å². The second kappa shape index (κ2) is 7.97. The average Bonchev–Trinajstić information content (AvgIpc) is 2.40. The smallest absolute Gasteiger partial charge is 0.162 e. The quantitative estimate of drug-likeness (QED) is 0.691. The fourth-order valence-corrected chi connectivity index (χ4v) is 1.45. The Morgan fingerprint density at radius 3 is 2.61 bits per heavy atom. The first-order chi connectivity index (χ1) is 8.81. The molecule has 4 nitrogen and oxygen atoms in total. The number of hydrogen-bond acceptors (Lipinski definition) is 4. The van der Waals surface area contributed by atoms with Gasteiger partial charge in [-0.15, -0.1) is 0 Å². The van der Waals surface area contributed by atoms with Crippen molar-refractivity contribution < 1.29 is 9.47 Å². The zero-order valence-corrected chi connectivity index (χ0v) is 10.5. The third kappa shape index (κ3) is 4.35. The van der Waals surface area contributed by atoms with Gasteiger partial charge in [-0.2, -0.15) is 10.5 Å². The van der Waals surface area contributed by atoms with E-state index >= 15 is 0 Å². The standard InChI is InChI=1S/C14H16N2O2/c1-2-17-14-10-12(11-16)6-7-13(14)18-9-5-3-4-8-15/h6-7,10H,2-5,9H2,1H3. The van der Waals surface area contributed by atoms with E-state index in [0.717, 1.165) is 12.8 Å². The summed E-state index contributed by atoms with van der Waals surface area (Å²) in [4.78, 5) is 0. The predicted molar refractivity (Wildman–Crippen MR) is 67.3 cm³/mol.